The molecule has 1 aromatic rings. The SMILES string of the molecule is COC(=O)[C@H]1C=C(c2cccc(CO)c2)CN1C(=O)OC(C)(C)C. The Morgan fingerprint density at radius 3 is 2.62 bits per heavy atom. The van der Waals surface area contributed by atoms with Gasteiger partial charge in [0.05, 0.1) is 20.3 Å². The zero-order valence-corrected chi connectivity index (χ0v) is 14.4. The molecule has 0 bridgehead atoms. The molecular formula is C18H23NO5. The highest BCUT2D eigenvalue weighted by molar-refractivity contribution is 5.90. The number of carbonyl (C=O) groups excluding carboxylic acids is 2. The fourth-order valence-corrected chi connectivity index (χ4v) is 2.49. The van der Waals surface area contributed by atoms with Gasteiger partial charge in [-0.15, -0.1) is 0 Å². The van der Waals surface area contributed by atoms with Gasteiger partial charge in [-0.1, -0.05) is 18.2 Å². The van der Waals surface area contributed by atoms with Crippen molar-refractivity contribution in [3.8, 4) is 0 Å². The van der Waals surface area contributed by atoms with E-state index in [0.717, 1.165) is 16.7 Å². The molecule has 1 atom stereocenters. The third-order valence-electron chi connectivity index (χ3n) is 3.59. The third kappa shape index (κ3) is 4.14. The number of methoxy groups -OCH3 is 1. The highest BCUT2D eigenvalue weighted by Crippen LogP contribution is 2.28. The monoisotopic (exact) mass is 333 g/mol. The Morgan fingerprint density at radius 2 is 2.04 bits per heavy atom. The Kier molecular flexibility index (Phi) is 5.29. The highest BCUT2D eigenvalue weighted by atomic mass is 16.6. The minimum absolute atomic E-state index is 0.0721. The quantitative estimate of drug-likeness (QED) is 0.859. The van der Waals surface area contributed by atoms with E-state index in [1.807, 2.05) is 24.3 Å². The van der Waals surface area contributed by atoms with E-state index in [9.17, 15) is 14.7 Å². The molecule has 1 amide bonds. The van der Waals surface area contributed by atoms with E-state index in [-0.39, 0.29) is 13.2 Å². The van der Waals surface area contributed by atoms with E-state index in [4.69, 9.17) is 9.47 Å². The highest BCUT2D eigenvalue weighted by Gasteiger charge is 2.37. The Labute approximate surface area is 141 Å². The predicted octanol–water partition coefficient (Wildman–Crippen LogP) is 2.35. The number of ether oxygens (including phenoxy) is 2. The van der Waals surface area contributed by atoms with Crippen molar-refractivity contribution < 1.29 is 24.2 Å². The van der Waals surface area contributed by atoms with Crippen molar-refractivity contribution in [2.75, 3.05) is 13.7 Å². The standard InChI is InChI=1S/C18H23NO5/c1-18(2,3)24-17(22)19-10-14(9-15(19)16(21)23-4)13-7-5-6-12(8-13)11-20/h5-9,15,20H,10-11H2,1-4H3/t15-/m1/s1. The minimum atomic E-state index is -0.822. The van der Waals surface area contributed by atoms with Gasteiger partial charge >= 0.3 is 12.1 Å². The normalized spacial score (nSPS) is 17.5. The van der Waals surface area contributed by atoms with Crippen molar-refractivity contribution >= 4 is 17.6 Å². The summed E-state index contributed by atoms with van der Waals surface area (Å²) >= 11 is 0. The van der Waals surface area contributed by atoms with Crippen molar-refractivity contribution in [2.45, 2.75) is 39.0 Å². The number of aliphatic hydroxyl groups excluding tert-OH is 1. The molecule has 0 radical (unpaired) electrons. The molecule has 1 aliphatic heterocycles. The van der Waals surface area contributed by atoms with Gasteiger partial charge < -0.3 is 14.6 Å². The largest absolute Gasteiger partial charge is 0.467 e. The summed E-state index contributed by atoms with van der Waals surface area (Å²) in [6.07, 6.45) is 1.13. The van der Waals surface area contributed by atoms with E-state index in [1.54, 1.807) is 26.8 Å². The number of amides is 1. The van der Waals surface area contributed by atoms with Gasteiger partial charge in [0.25, 0.3) is 0 Å². The fourth-order valence-electron chi connectivity index (χ4n) is 2.49. The first kappa shape index (κ1) is 18.0. The Bertz CT molecular complexity index is 660. The molecule has 1 aliphatic rings. The lowest BCUT2D eigenvalue weighted by molar-refractivity contribution is -0.144. The second-order valence-electron chi connectivity index (χ2n) is 6.63. The molecule has 6 heteroatoms. The van der Waals surface area contributed by atoms with Gasteiger partial charge in [0.2, 0.25) is 0 Å². The number of rotatable bonds is 3. The molecule has 24 heavy (non-hydrogen) atoms. The zero-order valence-electron chi connectivity index (χ0n) is 14.4. The van der Waals surface area contributed by atoms with E-state index >= 15 is 0 Å². The molecule has 1 aromatic carbocycles. The number of esters is 1. The second-order valence-corrected chi connectivity index (χ2v) is 6.63. The maximum atomic E-state index is 12.4. The summed E-state index contributed by atoms with van der Waals surface area (Å²) in [6.45, 7) is 5.48. The van der Waals surface area contributed by atoms with Crippen LogP contribution in [0.5, 0.6) is 0 Å². The molecule has 1 N–H and O–H groups in total. The summed E-state index contributed by atoms with van der Waals surface area (Å²) in [5.41, 5.74) is 1.77. The van der Waals surface area contributed by atoms with Crippen LogP contribution in [0.25, 0.3) is 5.57 Å². The molecule has 0 aliphatic carbocycles. The molecule has 0 spiro atoms. The minimum Gasteiger partial charge on any atom is -0.467 e. The van der Waals surface area contributed by atoms with E-state index in [0.29, 0.717) is 0 Å². The fraction of sp³-hybridized carbons (Fsp3) is 0.444. The van der Waals surface area contributed by atoms with Crippen LogP contribution >= 0.6 is 0 Å². The predicted molar refractivity (Wildman–Crippen MR) is 89.1 cm³/mol. The van der Waals surface area contributed by atoms with Gasteiger partial charge in [-0.05, 0) is 49.6 Å². The second kappa shape index (κ2) is 7.05. The Morgan fingerprint density at radius 1 is 1.33 bits per heavy atom. The van der Waals surface area contributed by atoms with Gasteiger partial charge in [-0.25, -0.2) is 9.59 Å². The topological polar surface area (TPSA) is 76.1 Å². The molecule has 1 heterocycles. The lowest BCUT2D eigenvalue weighted by Crippen LogP contribution is -2.44. The van der Waals surface area contributed by atoms with E-state index in [2.05, 4.69) is 0 Å². The number of benzene rings is 1. The van der Waals surface area contributed by atoms with Crippen LogP contribution in [0.1, 0.15) is 31.9 Å². The van der Waals surface area contributed by atoms with Crippen LogP contribution in [0.15, 0.2) is 30.3 Å². The number of aliphatic hydroxyl groups is 1. The summed E-state index contributed by atoms with van der Waals surface area (Å²) < 4.78 is 10.2. The molecule has 130 valence electrons. The molecule has 0 saturated carbocycles. The van der Waals surface area contributed by atoms with Crippen LogP contribution in [0.2, 0.25) is 0 Å². The molecule has 0 fully saturated rings. The van der Waals surface area contributed by atoms with Crippen LogP contribution in [0.4, 0.5) is 4.79 Å². The van der Waals surface area contributed by atoms with Gasteiger partial charge in [-0.3, -0.25) is 4.90 Å². The summed E-state index contributed by atoms with van der Waals surface area (Å²) in [6, 6.07) is 6.52. The summed E-state index contributed by atoms with van der Waals surface area (Å²) in [5.74, 6) is -0.519. The zero-order chi connectivity index (χ0) is 17.9. The first-order chi connectivity index (χ1) is 11.2. The average Bonchev–Trinajstić information content (AvgIpc) is 2.98. The van der Waals surface area contributed by atoms with Gasteiger partial charge in [0, 0.05) is 0 Å². The molecule has 6 nitrogen and oxygen atoms in total. The lowest BCUT2D eigenvalue weighted by atomic mass is 10.0. The van der Waals surface area contributed by atoms with Gasteiger partial charge in [0.15, 0.2) is 6.04 Å². The Balaban J connectivity index is 2.29. The maximum Gasteiger partial charge on any atom is 0.411 e. The molecule has 2 rings (SSSR count). The van der Waals surface area contributed by atoms with Gasteiger partial charge in [-0.2, -0.15) is 0 Å². The van der Waals surface area contributed by atoms with E-state index in [1.165, 1.54) is 12.0 Å². The molecule has 0 aromatic heterocycles. The summed E-state index contributed by atoms with van der Waals surface area (Å²) in [7, 11) is 1.29. The van der Waals surface area contributed by atoms with Crippen LogP contribution in [-0.4, -0.2) is 47.4 Å². The first-order valence-corrected chi connectivity index (χ1v) is 7.73. The summed E-state index contributed by atoms with van der Waals surface area (Å²) in [5, 5.41) is 9.27. The van der Waals surface area contributed by atoms with Crippen LogP contribution < -0.4 is 0 Å². The van der Waals surface area contributed by atoms with Crippen LogP contribution in [0.3, 0.4) is 0 Å². The summed E-state index contributed by atoms with van der Waals surface area (Å²) in [4.78, 5) is 25.8. The molecule has 0 unspecified atom stereocenters. The number of carbonyl (C=O) groups is 2. The average molecular weight is 333 g/mol. The van der Waals surface area contributed by atoms with Crippen LogP contribution in [0, 0.1) is 0 Å². The number of hydrogen-bond acceptors (Lipinski definition) is 5. The lowest BCUT2D eigenvalue weighted by Gasteiger charge is -2.27. The smallest absolute Gasteiger partial charge is 0.411 e. The van der Waals surface area contributed by atoms with Crippen molar-refractivity contribution in [1.82, 2.24) is 4.90 Å². The maximum absolute atomic E-state index is 12.4. The van der Waals surface area contributed by atoms with Crippen molar-refractivity contribution in [3.05, 3.63) is 41.5 Å². The van der Waals surface area contributed by atoms with Crippen LogP contribution in [-0.2, 0) is 20.9 Å². The third-order valence-corrected chi connectivity index (χ3v) is 3.59. The van der Waals surface area contributed by atoms with E-state index < -0.39 is 23.7 Å². The number of hydrogen-bond donors (Lipinski definition) is 1. The Hall–Kier alpha value is -2.34. The van der Waals surface area contributed by atoms with Crippen molar-refractivity contribution in [3.63, 3.8) is 0 Å². The van der Waals surface area contributed by atoms with Crippen molar-refractivity contribution in [1.29, 1.82) is 0 Å². The molecular weight excluding hydrogens is 310 g/mol. The molecule has 0 saturated heterocycles. The van der Waals surface area contributed by atoms with Gasteiger partial charge in [0.1, 0.15) is 5.60 Å². The first-order valence-electron chi connectivity index (χ1n) is 7.73. The number of nitrogens with zero attached hydrogens (tertiary/aromatic N) is 1. The van der Waals surface area contributed by atoms with Crippen molar-refractivity contribution in [2.24, 2.45) is 0 Å².